The summed E-state index contributed by atoms with van der Waals surface area (Å²) in [4.78, 5) is 15.8. The molecular formula is C12H15ClN2OS. The molecule has 2 unspecified atom stereocenters. The Bertz CT molecular complexity index is 413. The number of hydrogen-bond donors (Lipinski definition) is 1. The van der Waals surface area contributed by atoms with Gasteiger partial charge in [-0.15, -0.1) is 0 Å². The molecule has 5 heteroatoms. The van der Waals surface area contributed by atoms with E-state index in [1.54, 1.807) is 18.3 Å². The number of nitrogens with zero attached hydrogens (tertiary/aromatic N) is 1. The first-order chi connectivity index (χ1) is 8.19. The molecule has 1 aromatic heterocycles. The Hall–Kier alpha value is -0.740. The van der Waals surface area contributed by atoms with Crippen LogP contribution >= 0.6 is 23.4 Å². The highest BCUT2D eigenvalue weighted by Crippen LogP contribution is 2.28. The Balaban J connectivity index is 1.94. The number of thioether (sulfide) groups is 1. The van der Waals surface area contributed by atoms with Crippen LogP contribution in [0.15, 0.2) is 18.3 Å². The van der Waals surface area contributed by atoms with Gasteiger partial charge in [-0.1, -0.05) is 11.6 Å². The Morgan fingerprint density at radius 3 is 3.06 bits per heavy atom. The van der Waals surface area contributed by atoms with Crippen LogP contribution in [-0.4, -0.2) is 28.4 Å². The summed E-state index contributed by atoms with van der Waals surface area (Å²) in [5.41, 5.74) is 0.581. The molecule has 3 nitrogen and oxygen atoms in total. The lowest BCUT2D eigenvalue weighted by Crippen LogP contribution is -2.33. The fraction of sp³-hybridized carbons (Fsp3) is 0.500. The first kappa shape index (κ1) is 12.7. The molecule has 0 aliphatic heterocycles. The van der Waals surface area contributed by atoms with Gasteiger partial charge in [-0.05, 0) is 37.7 Å². The topological polar surface area (TPSA) is 42.0 Å². The lowest BCUT2D eigenvalue weighted by Gasteiger charge is -2.12. The van der Waals surface area contributed by atoms with Crippen LogP contribution in [0, 0.1) is 0 Å². The van der Waals surface area contributed by atoms with Crippen molar-refractivity contribution in [2.24, 2.45) is 0 Å². The smallest absolute Gasteiger partial charge is 0.251 e. The van der Waals surface area contributed by atoms with E-state index in [0.29, 0.717) is 22.0 Å². The highest BCUT2D eigenvalue weighted by molar-refractivity contribution is 7.99. The van der Waals surface area contributed by atoms with Gasteiger partial charge in [0.1, 0.15) is 5.15 Å². The third-order valence-corrected chi connectivity index (χ3v) is 4.34. The molecule has 92 valence electrons. The average Bonchev–Trinajstić information content (AvgIpc) is 2.77. The molecule has 1 fully saturated rings. The molecule has 2 atom stereocenters. The van der Waals surface area contributed by atoms with Gasteiger partial charge in [0, 0.05) is 23.1 Å². The quantitative estimate of drug-likeness (QED) is 0.859. The summed E-state index contributed by atoms with van der Waals surface area (Å²) < 4.78 is 0. The molecule has 0 saturated heterocycles. The van der Waals surface area contributed by atoms with Crippen molar-refractivity contribution in [2.45, 2.75) is 30.6 Å². The lowest BCUT2D eigenvalue weighted by molar-refractivity contribution is 0.0938. The van der Waals surface area contributed by atoms with Crippen molar-refractivity contribution < 1.29 is 4.79 Å². The summed E-state index contributed by atoms with van der Waals surface area (Å²) in [6, 6.07) is 3.58. The number of aromatic nitrogens is 1. The van der Waals surface area contributed by atoms with E-state index in [1.807, 2.05) is 11.8 Å². The van der Waals surface area contributed by atoms with Gasteiger partial charge in [0.2, 0.25) is 0 Å². The van der Waals surface area contributed by atoms with Gasteiger partial charge >= 0.3 is 0 Å². The summed E-state index contributed by atoms with van der Waals surface area (Å²) in [7, 11) is 0. The molecule has 0 spiro atoms. The van der Waals surface area contributed by atoms with E-state index in [1.165, 1.54) is 6.42 Å². The van der Waals surface area contributed by atoms with Gasteiger partial charge in [0.15, 0.2) is 0 Å². The number of carbonyl (C=O) groups excluding carboxylic acids is 1. The first-order valence-electron chi connectivity index (χ1n) is 5.64. The Kier molecular flexibility index (Phi) is 4.29. The lowest BCUT2D eigenvalue weighted by atomic mass is 10.2. The summed E-state index contributed by atoms with van der Waals surface area (Å²) in [6.45, 7) is 0. The van der Waals surface area contributed by atoms with Crippen LogP contribution in [0.4, 0.5) is 0 Å². The maximum Gasteiger partial charge on any atom is 0.251 e. The Morgan fingerprint density at radius 2 is 2.41 bits per heavy atom. The molecule has 1 heterocycles. The Labute approximate surface area is 110 Å². The second-order valence-corrected chi connectivity index (χ2v) is 5.73. The van der Waals surface area contributed by atoms with Crippen molar-refractivity contribution >= 4 is 29.3 Å². The third kappa shape index (κ3) is 3.36. The van der Waals surface area contributed by atoms with Gasteiger partial charge in [-0.2, -0.15) is 11.8 Å². The third-order valence-electron chi connectivity index (χ3n) is 3.04. The van der Waals surface area contributed by atoms with Crippen LogP contribution in [0.25, 0.3) is 0 Å². The minimum Gasteiger partial charge on any atom is -0.349 e. The molecule has 1 amide bonds. The first-order valence-corrected chi connectivity index (χ1v) is 7.31. The van der Waals surface area contributed by atoms with Crippen LogP contribution in [0.5, 0.6) is 0 Å². The molecule has 2 rings (SSSR count). The molecule has 1 saturated carbocycles. The molecule has 1 aliphatic carbocycles. The number of carbonyl (C=O) groups is 1. The molecule has 1 aliphatic rings. The number of amides is 1. The van der Waals surface area contributed by atoms with Crippen molar-refractivity contribution in [1.82, 2.24) is 10.3 Å². The fourth-order valence-corrected chi connectivity index (χ4v) is 3.07. The summed E-state index contributed by atoms with van der Waals surface area (Å²) in [5, 5.41) is 4.08. The van der Waals surface area contributed by atoms with E-state index in [2.05, 4.69) is 16.6 Å². The second kappa shape index (κ2) is 5.74. The van der Waals surface area contributed by atoms with Crippen molar-refractivity contribution in [3.63, 3.8) is 0 Å². The molecule has 17 heavy (non-hydrogen) atoms. The van der Waals surface area contributed by atoms with Crippen molar-refractivity contribution in [1.29, 1.82) is 0 Å². The van der Waals surface area contributed by atoms with Gasteiger partial charge < -0.3 is 5.32 Å². The number of pyridine rings is 1. The van der Waals surface area contributed by atoms with Crippen molar-refractivity contribution in [2.75, 3.05) is 6.26 Å². The molecule has 0 aromatic carbocycles. The molecule has 1 aromatic rings. The SMILES string of the molecule is CSC1CCC(NC(=O)c2ccnc(Cl)c2)C1. The van der Waals surface area contributed by atoms with Crippen LogP contribution in [-0.2, 0) is 0 Å². The van der Waals surface area contributed by atoms with E-state index in [4.69, 9.17) is 11.6 Å². The molecule has 0 bridgehead atoms. The monoisotopic (exact) mass is 270 g/mol. The molecule has 0 radical (unpaired) electrons. The zero-order chi connectivity index (χ0) is 12.3. The van der Waals surface area contributed by atoms with E-state index >= 15 is 0 Å². The standard InChI is InChI=1S/C12H15ClN2OS/c1-17-10-3-2-9(7-10)15-12(16)8-4-5-14-11(13)6-8/h4-6,9-10H,2-3,7H2,1H3,(H,15,16). The predicted octanol–water partition coefficient (Wildman–Crippen LogP) is 2.75. The number of hydrogen-bond acceptors (Lipinski definition) is 3. The van der Waals surface area contributed by atoms with Gasteiger partial charge in [-0.25, -0.2) is 4.98 Å². The molecular weight excluding hydrogens is 256 g/mol. The number of halogens is 1. The maximum atomic E-state index is 11.9. The van der Waals surface area contributed by atoms with Crippen LogP contribution < -0.4 is 5.32 Å². The van der Waals surface area contributed by atoms with Gasteiger partial charge in [-0.3, -0.25) is 4.79 Å². The largest absolute Gasteiger partial charge is 0.349 e. The van der Waals surface area contributed by atoms with Crippen LogP contribution in [0.3, 0.4) is 0 Å². The van der Waals surface area contributed by atoms with Gasteiger partial charge in [0.25, 0.3) is 5.91 Å². The zero-order valence-electron chi connectivity index (χ0n) is 9.65. The highest BCUT2D eigenvalue weighted by atomic mass is 35.5. The number of rotatable bonds is 3. The van der Waals surface area contributed by atoms with E-state index < -0.39 is 0 Å². The highest BCUT2D eigenvalue weighted by Gasteiger charge is 2.25. The molecule has 1 N–H and O–H groups in total. The average molecular weight is 271 g/mol. The van der Waals surface area contributed by atoms with Crippen LogP contribution in [0.1, 0.15) is 29.6 Å². The van der Waals surface area contributed by atoms with Gasteiger partial charge in [0.05, 0.1) is 0 Å². The number of nitrogens with one attached hydrogen (secondary N) is 1. The van der Waals surface area contributed by atoms with Crippen LogP contribution in [0.2, 0.25) is 5.15 Å². The maximum absolute atomic E-state index is 11.9. The van der Waals surface area contributed by atoms with Crippen molar-refractivity contribution in [3.8, 4) is 0 Å². The minimum atomic E-state index is -0.0546. The zero-order valence-corrected chi connectivity index (χ0v) is 11.2. The minimum absolute atomic E-state index is 0.0546. The second-order valence-electron chi connectivity index (χ2n) is 4.21. The van der Waals surface area contributed by atoms with E-state index in [-0.39, 0.29) is 5.91 Å². The van der Waals surface area contributed by atoms with E-state index in [0.717, 1.165) is 12.8 Å². The van der Waals surface area contributed by atoms with E-state index in [9.17, 15) is 4.79 Å². The fourth-order valence-electron chi connectivity index (χ4n) is 2.10. The Morgan fingerprint density at radius 1 is 1.59 bits per heavy atom. The van der Waals surface area contributed by atoms with Crippen molar-refractivity contribution in [3.05, 3.63) is 29.0 Å². The summed E-state index contributed by atoms with van der Waals surface area (Å²) in [6.07, 6.45) is 6.99. The predicted molar refractivity (Wildman–Crippen MR) is 71.7 cm³/mol. The normalized spacial score (nSPS) is 23.6. The summed E-state index contributed by atoms with van der Waals surface area (Å²) in [5.74, 6) is -0.0546. The summed E-state index contributed by atoms with van der Waals surface area (Å²) >= 11 is 7.64.